The summed E-state index contributed by atoms with van der Waals surface area (Å²) < 4.78 is 42.5. The molecule has 43 heavy (non-hydrogen) atoms. The van der Waals surface area contributed by atoms with Crippen molar-refractivity contribution in [1.29, 1.82) is 0 Å². The molecular weight excluding hydrogens is 591 g/mol. The second-order valence-corrected chi connectivity index (χ2v) is 13.5. The number of anilines is 1. The molecule has 1 aliphatic carbocycles. The summed E-state index contributed by atoms with van der Waals surface area (Å²) >= 11 is 6.12. The van der Waals surface area contributed by atoms with Crippen LogP contribution in [0.5, 0.6) is 0 Å². The maximum Gasteiger partial charge on any atom is 0.304 e. The van der Waals surface area contributed by atoms with E-state index in [9.17, 15) is 22.4 Å². The van der Waals surface area contributed by atoms with Crippen molar-refractivity contribution in [2.45, 2.75) is 57.2 Å². The molecule has 0 saturated heterocycles. The fraction of sp³-hybridized carbons (Fsp3) is 0.375. The molecule has 1 N–H and O–H groups in total. The molecule has 0 bridgehead atoms. The number of carbonyl (C=O) groups is 2. The first-order chi connectivity index (χ1) is 20.5. The number of nitrogens with one attached hydrogen (secondary N) is 1. The molecule has 0 spiro atoms. The maximum absolute atomic E-state index is 14.3. The van der Waals surface area contributed by atoms with Gasteiger partial charge in [-0.05, 0) is 60.4 Å². The van der Waals surface area contributed by atoms with E-state index >= 15 is 0 Å². The van der Waals surface area contributed by atoms with Gasteiger partial charge in [-0.2, -0.15) is 12.7 Å². The Bertz CT molecular complexity index is 1470. The first-order valence-electron chi connectivity index (χ1n) is 14.4. The standard InChI is InChI=1S/C32H38ClFN4O4S/c1-36(2)43(41,42)38(29-19-17-27(34)18-20-29)23-31(39)37(22-25-13-15-26(33)16-14-25)30(21-24-9-5-3-6-10-24)32(40)35-28-11-7-4-8-12-28/h3,5-6,9-10,13-20,28,30H,4,7-8,11-12,21-23H2,1-2H3,(H,35,40)/t30-/m1/s1. The van der Waals surface area contributed by atoms with Crippen LogP contribution in [0.25, 0.3) is 0 Å². The molecule has 3 aromatic carbocycles. The van der Waals surface area contributed by atoms with Crippen molar-refractivity contribution in [3.05, 3.63) is 101 Å². The number of benzene rings is 3. The van der Waals surface area contributed by atoms with Gasteiger partial charge >= 0.3 is 10.2 Å². The highest BCUT2D eigenvalue weighted by Crippen LogP contribution is 2.23. The molecule has 11 heteroatoms. The second kappa shape index (κ2) is 14.8. The fourth-order valence-corrected chi connectivity index (χ4v) is 6.39. The lowest BCUT2D eigenvalue weighted by Gasteiger charge is -2.35. The lowest BCUT2D eigenvalue weighted by atomic mass is 9.94. The van der Waals surface area contributed by atoms with E-state index in [-0.39, 0.29) is 30.6 Å². The Morgan fingerprint density at radius 1 is 0.907 bits per heavy atom. The molecule has 0 radical (unpaired) electrons. The summed E-state index contributed by atoms with van der Waals surface area (Å²) in [6.07, 6.45) is 5.15. The molecule has 1 aliphatic rings. The van der Waals surface area contributed by atoms with Crippen molar-refractivity contribution in [3.63, 3.8) is 0 Å². The smallest absolute Gasteiger partial charge is 0.304 e. The van der Waals surface area contributed by atoms with Crippen molar-refractivity contribution in [3.8, 4) is 0 Å². The molecule has 230 valence electrons. The lowest BCUT2D eigenvalue weighted by Crippen LogP contribution is -2.55. The van der Waals surface area contributed by atoms with Crippen LogP contribution in [0.15, 0.2) is 78.9 Å². The van der Waals surface area contributed by atoms with Gasteiger partial charge in [0.15, 0.2) is 0 Å². The SMILES string of the molecule is CN(C)S(=O)(=O)N(CC(=O)N(Cc1ccc(Cl)cc1)[C@H](Cc1ccccc1)C(=O)NC1CCCCC1)c1ccc(F)cc1. The van der Waals surface area contributed by atoms with Crippen LogP contribution in [0.4, 0.5) is 10.1 Å². The van der Waals surface area contributed by atoms with Crippen molar-refractivity contribution in [1.82, 2.24) is 14.5 Å². The monoisotopic (exact) mass is 628 g/mol. The number of nitrogens with zero attached hydrogens (tertiary/aromatic N) is 3. The van der Waals surface area contributed by atoms with Gasteiger partial charge in [-0.3, -0.25) is 9.59 Å². The summed E-state index contributed by atoms with van der Waals surface area (Å²) in [5.74, 6) is -1.41. The zero-order chi connectivity index (χ0) is 31.0. The molecule has 2 amide bonds. The quantitative estimate of drug-likeness (QED) is 0.299. The third-order valence-corrected chi connectivity index (χ3v) is 9.69. The lowest BCUT2D eigenvalue weighted by molar-refractivity contribution is -0.140. The molecular formula is C32H38ClFN4O4S. The first-order valence-corrected chi connectivity index (χ1v) is 16.2. The number of carbonyl (C=O) groups excluding carboxylic acids is 2. The topological polar surface area (TPSA) is 90.0 Å². The predicted octanol–water partition coefficient (Wildman–Crippen LogP) is 5.18. The third-order valence-electron chi connectivity index (χ3n) is 7.62. The summed E-state index contributed by atoms with van der Waals surface area (Å²) in [7, 11) is -1.44. The number of halogens is 2. The molecule has 1 saturated carbocycles. The van der Waals surface area contributed by atoms with Crippen LogP contribution in [0, 0.1) is 5.82 Å². The highest BCUT2D eigenvalue weighted by atomic mass is 35.5. The average Bonchev–Trinajstić information content (AvgIpc) is 3.00. The largest absolute Gasteiger partial charge is 0.352 e. The maximum atomic E-state index is 14.3. The van der Waals surface area contributed by atoms with Crippen LogP contribution < -0.4 is 9.62 Å². The van der Waals surface area contributed by atoms with Gasteiger partial charge in [0, 0.05) is 38.1 Å². The first kappa shape index (κ1) is 32.4. The third kappa shape index (κ3) is 8.78. The zero-order valence-corrected chi connectivity index (χ0v) is 26.0. The number of hydrogen-bond donors (Lipinski definition) is 1. The van der Waals surface area contributed by atoms with Gasteiger partial charge in [0.1, 0.15) is 18.4 Å². The number of hydrogen-bond acceptors (Lipinski definition) is 4. The Balaban J connectivity index is 1.74. The van der Waals surface area contributed by atoms with Gasteiger partial charge < -0.3 is 10.2 Å². The van der Waals surface area contributed by atoms with Gasteiger partial charge in [0.2, 0.25) is 11.8 Å². The zero-order valence-electron chi connectivity index (χ0n) is 24.5. The molecule has 0 aliphatic heterocycles. The van der Waals surface area contributed by atoms with E-state index < -0.39 is 34.5 Å². The summed E-state index contributed by atoms with van der Waals surface area (Å²) in [5, 5.41) is 3.70. The van der Waals surface area contributed by atoms with Gasteiger partial charge in [-0.25, -0.2) is 8.70 Å². The average molecular weight is 629 g/mol. The minimum Gasteiger partial charge on any atom is -0.352 e. The van der Waals surface area contributed by atoms with Gasteiger partial charge in [-0.1, -0.05) is 73.3 Å². The van der Waals surface area contributed by atoms with Gasteiger partial charge in [0.05, 0.1) is 5.69 Å². The molecule has 0 unspecified atom stereocenters. The van der Waals surface area contributed by atoms with Crippen molar-refractivity contribution < 1.29 is 22.4 Å². The molecule has 3 aromatic rings. The van der Waals surface area contributed by atoms with E-state index in [1.807, 2.05) is 30.3 Å². The highest BCUT2D eigenvalue weighted by molar-refractivity contribution is 7.90. The van der Waals surface area contributed by atoms with Crippen LogP contribution in [0.2, 0.25) is 5.02 Å². The van der Waals surface area contributed by atoms with Crippen LogP contribution >= 0.6 is 11.6 Å². The number of amides is 2. The molecule has 1 atom stereocenters. The minimum absolute atomic E-state index is 0.0110. The van der Waals surface area contributed by atoms with E-state index in [1.54, 1.807) is 24.3 Å². The molecule has 0 heterocycles. The van der Waals surface area contributed by atoms with E-state index in [0.29, 0.717) is 5.02 Å². The van der Waals surface area contributed by atoms with Crippen LogP contribution in [0.1, 0.15) is 43.2 Å². The van der Waals surface area contributed by atoms with Gasteiger partial charge in [0.25, 0.3) is 0 Å². The molecule has 8 nitrogen and oxygen atoms in total. The normalized spacial score (nSPS) is 14.7. The highest BCUT2D eigenvalue weighted by Gasteiger charge is 2.35. The Morgan fingerprint density at radius 3 is 2.14 bits per heavy atom. The minimum atomic E-state index is -4.16. The summed E-state index contributed by atoms with van der Waals surface area (Å²) in [6.45, 7) is -0.549. The molecule has 1 fully saturated rings. The Hall–Kier alpha value is -3.47. The summed E-state index contributed by atoms with van der Waals surface area (Å²) in [6, 6.07) is 20.3. The summed E-state index contributed by atoms with van der Waals surface area (Å²) in [5.41, 5.74) is 1.71. The molecule has 4 rings (SSSR count). The van der Waals surface area contributed by atoms with Gasteiger partial charge in [-0.15, -0.1) is 0 Å². The van der Waals surface area contributed by atoms with E-state index in [2.05, 4.69) is 5.32 Å². The van der Waals surface area contributed by atoms with Crippen LogP contribution in [0.3, 0.4) is 0 Å². The van der Waals surface area contributed by atoms with E-state index in [1.165, 1.54) is 31.1 Å². The Labute approximate surface area is 258 Å². The summed E-state index contributed by atoms with van der Waals surface area (Å²) in [4.78, 5) is 29.7. The van der Waals surface area contributed by atoms with Crippen LogP contribution in [-0.2, 0) is 32.8 Å². The van der Waals surface area contributed by atoms with Crippen molar-refractivity contribution in [2.24, 2.45) is 0 Å². The van der Waals surface area contributed by atoms with E-state index in [4.69, 9.17) is 11.6 Å². The second-order valence-electron chi connectivity index (χ2n) is 11.0. The fourth-order valence-electron chi connectivity index (χ4n) is 5.21. The Kier molecular flexibility index (Phi) is 11.2. The Morgan fingerprint density at radius 2 is 1.53 bits per heavy atom. The molecule has 0 aromatic heterocycles. The van der Waals surface area contributed by atoms with Crippen molar-refractivity contribution >= 4 is 39.3 Å². The van der Waals surface area contributed by atoms with Crippen molar-refractivity contribution in [2.75, 3.05) is 24.9 Å². The van der Waals surface area contributed by atoms with Crippen LogP contribution in [-0.4, -0.2) is 62.2 Å². The number of rotatable bonds is 12. The van der Waals surface area contributed by atoms with E-state index in [0.717, 1.165) is 64.0 Å². The predicted molar refractivity (Wildman–Crippen MR) is 167 cm³/mol.